The van der Waals surface area contributed by atoms with Crippen LogP contribution in [0.5, 0.6) is 5.75 Å². The van der Waals surface area contributed by atoms with Gasteiger partial charge in [-0.05, 0) is 23.8 Å². The Morgan fingerprint density at radius 3 is 2.40 bits per heavy atom. The minimum atomic E-state index is -0.430. The van der Waals surface area contributed by atoms with Crippen molar-refractivity contribution in [2.24, 2.45) is 0 Å². The number of esters is 1. The lowest BCUT2D eigenvalue weighted by atomic mass is 9.98. The van der Waals surface area contributed by atoms with Crippen molar-refractivity contribution in [3.8, 4) is 16.9 Å². The summed E-state index contributed by atoms with van der Waals surface area (Å²) in [5.41, 5.74) is 9.37. The molecular weight excluding hydrogens is 314 g/mol. The number of rotatable bonds is 5. The Morgan fingerprint density at radius 2 is 1.64 bits per heavy atom. The van der Waals surface area contributed by atoms with Gasteiger partial charge in [0.2, 0.25) is 0 Å². The zero-order chi connectivity index (χ0) is 17.6. The number of carbonyl (C=O) groups excluding carboxylic acids is 1. The molecule has 0 fully saturated rings. The number of hydrogen-bond acceptors (Lipinski definition) is 4. The highest BCUT2D eigenvalue weighted by molar-refractivity contribution is 5.99. The fourth-order valence-corrected chi connectivity index (χ4v) is 2.63. The van der Waals surface area contributed by atoms with Crippen LogP contribution in [0.25, 0.3) is 11.1 Å². The molecule has 2 N–H and O–H groups in total. The third-order valence-electron chi connectivity index (χ3n) is 3.86. The topological polar surface area (TPSA) is 61.5 Å². The van der Waals surface area contributed by atoms with Gasteiger partial charge >= 0.3 is 5.97 Å². The van der Waals surface area contributed by atoms with Crippen LogP contribution in [0, 0.1) is 0 Å². The second kappa shape index (κ2) is 7.53. The lowest BCUT2D eigenvalue weighted by molar-refractivity contribution is 0.0601. The lowest BCUT2D eigenvalue weighted by Gasteiger charge is -2.14. The van der Waals surface area contributed by atoms with Gasteiger partial charge in [-0.3, -0.25) is 0 Å². The van der Waals surface area contributed by atoms with E-state index in [1.54, 1.807) is 12.1 Å². The maximum atomic E-state index is 12.1. The number of benzene rings is 3. The first kappa shape index (κ1) is 16.6. The molecule has 0 aliphatic carbocycles. The summed E-state index contributed by atoms with van der Waals surface area (Å²) in [6, 6.07) is 22.7. The van der Waals surface area contributed by atoms with Crippen molar-refractivity contribution in [3.63, 3.8) is 0 Å². The molecule has 4 heteroatoms. The zero-order valence-corrected chi connectivity index (χ0v) is 13.9. The molecule has 0 heterocycles. The smallest absolute Gasteiger partial charge is 0.338 e. The van der Waals surface area contributed by atoms with E-state index in [9.17, 15) is 4.79 Å². The molecule has 0 saturated heterocycles. The molecule has 0 spiro atoms. The monoisotopic (exact) mass is 333 g/mol. The van der Waals surface area contributed by atoms with E-state index in [0.29, 0.717) is 23.6 Å². The zero-order valence-electron chi connectivity index (χ0n) is 13.9. The van der Waals surface area contributed by atoms with Gasteiger partial charge in [0, 0.05) is 16.8 Å². The van der Waals surface area contributed by atoms with E-state index in [-0.39, 0.29) is 0 Å². The number of nitrogen functional groups attached to an aromatic ring is 1. The summed E-state index contributed by atoms with van der Waals surface area (Å²) in [5, 5.41) is 0. The quantitative estimate of drug-likeness (QED) is 0.558. The van der Waals surface area contributed by atoms with Crippen LogP contribution in [0.4, 0.5) is 5.69 Å². The maximum Gasteiger partial charge on any atom is 0.338 e. The molecule has 0 amide bonds. The first-order chi connectivity index (χ1) is 12.2. The van der Waals surface area contributed by atoms with Crippen molar-refractivity contribution in [2.75, 3.05) is 12.8 Å². The summed E-state index contributed by atoms with van der Waals surface area (Å²) >= 11 is 0. The molecule has 0 saturated carbocycles. The number of anilines is 1. The molecule has 3 aromatic carbocycles. The van der Waals surface area contributed by atoms with Crippen molar-refractivity contribution in [3.05, 3.63) is 83.9 Å². The van der Waals surface area contributed by atoms with E-state index in [1.165, 1.54) is 7.11 Å². The Hall–Kier alpha value is -3.27. The van der Waals surface area contributed by atoms with Crippen LogP contribution < -0.4 is 10.5 Å². The summed E-state index contributed by atoms with van der Waals surface area (Å²) in [7, 11) is 1.35. The highest BCUT2D eigenvalue weighted by Gasteiger charge is 2.16. The average Bonchev–Trinajstić information content (AvgIpc) is 2.67. The maximum absolute atomic E-state index is 12.1. The second-order valence-corrected chi connectivity index (χ2v) is 5.57. The molecule has 126 valence electrons. The number of hydrogen-bond donors (Lipinski definition) is 1. The van der Waals surface area contributed by atoms with Crippen LogP contribution in [0.3, 0.4) is 0 Å². The minimum Gasteiger partial charge on any atom is -0.488 e. The Labute approximate surface area is 146 Å². The fraction of sp³-hybridized carbons (Fsp3) is 0.0952. The Bertz CT molecular complexity index is 875. The van der Waals surface area contributed by atoms with E-state index < -0.39 is 5.97 Å². The molecule has 0 aromatic heterocycles. The molecule has 3 aromatic rings. The van der Waals surface area contributed by atoms with E-state index in [2.05, 4.69) is 0 Å². The Kier molecular flexibility index (Phi) is 5.00. The number of ether oxygens (including phenoxy) is 2. The molecular formula is C21H19NO3. The van der Waals surface area contributed by atoms with Gasteiger partial charge in [0.1, 0.15) is 12.4 Å². The number of carbonyl (C=O) groups is 1. The van der Waals surface area contributed by atoms with Gasteiger partial charge in [0.25, 0.3) is 0 Å². The summed E-state index contributed by atoms with van der Waals surface area (Å²) in [4.78, 5) is 12.1. The van der Waals surface area contributed by atoms with E-state index in [4.69, 9.17) is 15.2 Å². The normalized spacial score (nSPS) is 10.3. The van der Waals surface area contributed by atoms with Gasteiger partial charge < -0.3 is 15.2 Å². The predicted octanol–water partition coefficient (Wildman–Crippen LogP) is 4.30. The van der Waals surface area contributed by atoms with Crippen molar-refractivity contribution in [2.45, 2.75) is 6.61 Å². The van der Waals surface area contributed by atoms with Gasteiger partial charge in [-0.15, -0.1) is 0 Å². The standard InChI is InChI=1S/C21H19NO3/c1-24-21(23)19-13-16(22)11-12-17(19)18-9-5-6-10-20(18)25-14-15-7-3-2-4-8-15/h2-13H,14,22H2,1H3. The van der Waals surface area contributed by atoms with Gasteiger partial charge in [0.15, 0.2) is 0 Å². The summed E-state index contributed by atoms with van der Waals surface area (Å²) < 4.78 is 10.9. The lowest BCUT2D eigenvalue weighted by Crippen LogP contribution is -2.05. The van der Waals surface area contributed by atoms with Crippen LogP contribution in [0.2, 0.25) is 0 Å². The molecule has 0 atom stereocenters. The van der Waals surface area contributed by atoms with Crippen molar-refractivity contribution in [1.82, 2.24) is 0 Å². The van der Waals surface area contributed by atoms with E-state index in [0.717, 1.165) is 16.7 Å². The van der Waals surface area contributed by atoms with Crippen molar-refractivity contribution < 1.29 is 14.3 Å². The van der Waals surface area contributed by atoms with Gasteiger partial charge in [-0.25, -0.2) is 4.79 Å². The number of methoxy groups -OCH3 is 1. The third-order valence-corrected chi connectivity index (χ3v) is 3.86. The third kappa shape index (κ3) is 3.80. The van der Waals surface area contributed by atoms with E-state index in [1.807, 2.05) is 60.7 Å². The SMILES string of the molecule is COC(=O)c1cc(N)ccc1-c1ccccc1OCc1ccccc1. The molecule has 0 aliphatic heterocycles. The first-order valence-electron chi connectivity index (χ1n) is 7.93. The van der Waals surface area contributed by atoms with Crippen molar-refractivity contribution in [1.29, 1.82) is 0 Å². The highest BCUT2D eigenvalue weighted by atomic mass is 16.5. The Balaban J connectivity index is 1.97. The summed E-state index contributed by atoms with van der Waals surface area (Å²) in [5.74, 6) is 0.265. The van der Waals surface area contributed by atoms with Crippen molar-refractivity contribution >= 4 is 11.7 Å². The number of nitrogens with two attached hydrogens (primary N) is 1. The van der Waals surface area contributed by atoms with Crippen LogP contribution >= 0.6 is 0 Å². The Morgan fingerprint density at radius 1 is 0.920 bits per heavy atom. The summed E-state index contributed by atoms with van der Waals surface area (Å²) in [6.07, 6.45) is 0. The molecule has 0 unspecified atom stereocenters. The van der Waals surface area contributed by atoms with Gasteiger partial charge in [0.05, 0.1) is 12.7 Å². The summed E-state index contributed by atoms with van der Waals surface area (Å²) in [6.45, 7) is 0.445. The average molecular weight is 333 g/mol. The van der Waals surface area contributed by atoms with Gasteiger partial charge in [-0.1, -0.05) is 54.6 Å². The minimum absolute atomic E-state index is 0.415. The largest absolute Gasteiger partial charge is 0.488 e. The highest BCUT2D eigenvalue weighted by Crippen LogP contribution is 2.34. The molecule has 3 rings (SSSR count). The van der Waals surface area contributed by atoms with Gasteiger partial charge in [-0.2, -0.15) is 0 Å². The fourth-order valence-electron chi connectivity index (χ4n) is 2.63. The molecule has 0 radical (unpaired) electrons. The van der Waals surface area contributed by atoms with Crippen LogP contribution in [0.15, 0.2) is 72.8 Å². The predicted molar refractivity (Wildman–Crippen MR) is 98.4 cm³/mol. The first-order valence-corrected chi connectivity index (χ1v) is 7.93. The van der Waals surface area contributed by atoms with E-state index >= 15 is 0 Å². The van der Waals surface area contributed by atoms with Crippen LogP contribution in [-0.2, 0) is 11.3 Å². The molecule has 0 aliphatic rings. The van der Waals surface area contributed by atoms with Crippen LogP contribution in [-0.4, -0.2) is 13.1 Å². The molecule has 4 nitrogen and oxygen atoms in total. The molecule has 25 heavy (non-hydrogen) atoms. The van der Waals surface area contributed by atoms with Crippen LogP contribution in [0.1, 0.15) is 15.9 Å². The number of para-hydroxylation sites is 1. The second-order valence-electron chi connectivity index (χ2n) is 5.57. The molecule has 0 bridgehead atoms.